The minimum Gasteiger partial charge on any atom is -0.383 e. The van der Waals surface area contributed by atoms with Gasteiger partial charge in [0.1, 0.15) is 0 Å². The van der Waals surface area contributed by atoms with Gasteiger partial charge < -0.3 is 10.1 Å². The zero-order valence-corrected chi connectivity index (χ0v) is 10.1. The Kier molecular flexibility index (Phi) is 9.00. The first-order valence-corrected chi connectivity index (χ1v) is 5.61. The van der Waals surface area contributed by atoms with Crippen LogP contribution in [0.25, 0.3) is 0 Å². The van der Waals surface area contributed by atoms with Gasteiger partial charge >= 0.3 is 0 Å². The molecule has 0 aliphatic heterocycles. The second kappa shape index (κ2) is 9.22. The third-order valence-corrected chi connectivity index (χ3v) is 2.46. The van der Waals surface area contributed by atoms with Gasteiger partial charge in [-0.05, 0) is 25.7 Å². The minimum atomic E-state index is 0.749. The van der Waals surface area contributed by atoms with E-state index in [9.17, 15) is 0 Å². The summed E-state index contributed by atoms with van der Waals surface area (Å²) in [5.41, 5.74) is 1.44. The van der Waals surface area contributed by atoms with E-state index < -0.39 is 0 Å². The SMILES string of the molecule is CCC(C=C(C)CNCCOC)CC. The molecule has 0 aliphatic carbocycles. The Morgan fingerprint density at radius 1 is 1.36 bits per heavy atom. The summed E-state index contributed by atoms with van der Waals surface area (Å²) < 4.78 is 4.97. The lowest BCUT2D eigenvalue weighted by Gasteiger charge is -2.09. The standard InChI is InChI=1S/C12H25NO/c1-5-12(6-2)9-11(3)10-13-7-8-14-4/h9,12-13H,5-8,10H2,1-4H3. The summed E-state index contributed by atoms with van der Waals surface area (Å²) in [6.07, 6.45) is 4.87. The maximum Gasteiger partial charge on any atom is 0.0587 e. The van der Waals surface area contributed by atoms with E-state index in [0.717, 1.165) is 25.6 Å². The molecule has 84 valence electrons. The Morgan fingerprint density at radius 3 is 2.50 bits per heavy atom. The molecule has 2 nitrogen and oxygen atoms in total. The van der Waals surface area contributed by atoms with Crippen molar-refractivity contribution in [1.82, 2.24) is 5.32 Å². The number of rotatable bonds is 8. The molecule has 0 aromatic rings. The molecular formula is C12H25NO. The fourth-order valence-electron chi connectivity index (χ4n) is 1.45. The quantitative estimate of drug-likeness (QED) is 0.479. The zero-order chi connectivity index (χ0) is 10.8. The lowest BCUT2D eigenvalue weighted by atomic mass is 10.0. The Morgan fingerprint density at radius 2 is 2.00 bits per heavy atom. The van der Waals surface area contributed by atoms with Crippen LogP contribution in [0, 0.1) is 5.92 Å². The van der Waals surface area contributed by atoms with E-state index in [1.54, 1.807) is 7.11 Å². The number of nitrogens with one attached hydrogen (secondary N) is 1. The average molecular weight is 199 g/mol. The van der Waals surface area contributed by atoms with Crippen molar-refractivity contribution >= 4 is 0 Å². The predicted molar refractivity (Wildman–Crippen MR) is 62.6 cm³/mol. The summed E-state index contributed by atoms with van der Waals surface area (Å²) in [5, 5.41) is 3.35. The first-order valence-electron chi connectivity index (χ1n) is 5.61. The highest BCUT2D eigenvalue weighted by atomic mass is 16.5. The molecule has 0 atom stereocenters. The summed E-state index contributed by atoms with van der Waals surface area (Å²) >= 11 is 0. The van der Waals surface area contributed by atoms with Crippen molar-refractivity contribution in [3.05, 3.63) is 11.6 Å². The van der Waals surface area contributed by atoms with Gasteiger partial charge in [0.15, 0.2) is 0 Å². The highest BCUT2D eigenvalue weighted by Crippen LogP contribution is 2.11. The van der Waals surface area contributed by atoms with Crippen LogP contribution in [-0.2, 0) is 4.74 Å². The van der Waals surface area contributed by atoms with E-state index >= 15 is 0 Å². The maximum atomic E-state index is 4.97. The maximum absolute atomic E-state index is 4.97. The van der Waals surface area contributed by atoms with Crippen LogP contribution in [0.2, 0.25) is 0 Å². The molecule has 2 heteroatoms. The van der Waals surface area contributed by atoms with Crippen molar-refractivity contribution in [1.29, 1.82) is 0 Å². The van der Waals surface area contributed by atoms with Gasteiger partial charge in [-0.3, -0.25) is 0 Å². The average Bonchev–Trinajstić information content (AvgIpc) is 2.21. The highest BCUT2D eigenvalue weighted by Gasteiger charge is 1.99. The van der Waals surface area contributed by atoms with Gasteiger partial charge in [-0.1, -0.05) is 25.5 Å². The van der Waals surface area contributed by atoms with Crippen LogP contribution in [-0.4, -0.2) is 26.8 Å². The molecule has 0 spiro atoms. The Bertz CT molecular complexity index is 150. The van der Waals surface area contributed by atoms with Crippen LogP contribution >= 0.6 is 0 Å². The Balaban J connectivity index is 3.64. The lowest BCUT2D eigenvalue weighted by Crippen LogP contribution is -2.21. The van der Waals surface area contributed by atoms with Crippen LogP contribution in [0.1, 0.15) is 33.6 Å². The Labute approximate surface area is 88.7 Å². The van der Waals surface area contributed by atoms with Crippen molar-refractivity contribution in [2.45, 2.75) is 33.6 Å². The molecule has 0 saturated carbocycles. The van der Waals surface area contributed by atoms with E-state index in [1.807, 2.05) is 0 Å². The second-order valence-electron chi connectivity index (χ2n) is 3.76. The summed E-state index contributed by atoms with van der Waals surface area (Å²) in [6, 6.07) is 0. The van der Waals surface area contributed by atoms with Crippen molar-refractivity contribution in [2.75, 3.05) is 26.8 Å². The first kappa shape index (κ1) is 13.7. The van der Waals surface area contributed by atoms with Gasteiger partial charge in [-0.15, -0.1) is 0 Å². The summed E-state index contributed by atoms with van der Waals surface area (Å²) in [5.74, 6) is 0.749. The fourth-order valence-corrected chi connectivity index (χ4v) is 1.45. The van der Waals surface area contributed by atoms with Crippen LogP contribution in [0.4, 0.5) is 0 Å². The molecule has 0 rings (SSSR count). The first-order chi connectivity index (χ1) is 6.74. The number of ether oxygens (including phenoxy) is 1. The van der Waals surface area contributed by atoms with Crippen LogP contribution in [0.15, 0.2) is 11.6 Å². The molecule has 0 amide bonds. The van der Waals surface area contributed by atoms with Gasteiger partial charge in [0.05, 0.1) is 6.61 Å². The summed E-state index contributed by atoms with van der Waals surface area (Å²) in [7, 11) is 1.73. The van der Waals surface area contributed by atoms with Crippen LogP contribution in [0.5, 0.6) is 0 Å². The third kappa shape index (κ3) is 7.10. The van der Waals surface area contributed by atoms with E-state index in [1.165, 1.54) is 18.4 Å². The summed E-state index contributed by atoms with van der Waals surface area (Å²) in [6.45, 7) is 9.40. The summed E-state index contributed by atoms with van der Waals surface area (Å²) in [4.78, 5) is 0. The molecule has 0 aromatic carbocycles. The molecular weight excluding hydrogens is 174 g/mol. The molecule has 1 N–H and O–H groups in total. The van der Waals surface area contributed by atoms with E-state index in [4.69, 9.17) is 4.74 Å². The van der Waals surface area contributed by atoms with Crippen molar-refractivity contribution < 1.29 is 4.74 Å². The monoisotopic (exact) mass is 199 g/mol. The molecule has 0 radical (unpaired) electrons. The zero-order valence-electron chi connectivity index (χ0n) is 10.1. The smallest absolute Gasteiger partial charge is 0.0587 e. The second-order valence-corrected chi connectivity index (χ2v) is 3.76. The van der Waals surface area contributed by atoms with E-state index in [-0.39, 0.29) is 0 Å². The van der Waals surface area contributed by atoms with Crippen molar-refractivity contribution in [3.8, 4) is 0 Å². The number of methoxy groups -OCH3 is 1. The van der Waals surface area contributed by atoms with Gasteiger partial charge in [-0.25, -0.2) is 0 Å². The molecule has 0 aromatic heterocycles. The molecule has 0 bridgehead atoms. The van der Waals surface area contributed by atoms with Crippen LogP contribution in [0.3, 0.4) is 0 Å². The molecule has 14 heavy (non-hydrogen) atoms. The predicted octanol–water partition coefficient (Wildman–Crippen LogP) is 2.60. The Hall–Kier alpha value is -0.340. The molecule has 0 saturated heterocycles. The molecule has 0 unspecified atom stereocenters. The number of allylic oxidation sites excluding steroid dienone is 1. The molecule has 0 aliphatic rings. The fraction of sp³-hybridized carbons (Fsp3) is 0.833. The normalized spacial score (nSPS) is 12.5. The topological polar surface area (TPSA) is 21.3 Å². The van der Waals surface area contributed by atoms with Crippen molar-refractivity contribution in [3.63, 3.8) is 0 Å². The van der Waals surface area contributed by atoms with Crippen molar-refractivity contribution in [2.24, 2.45) is 5.92 Å². The van der Waals surface area contributed by atoms with Gasteiger partial charge in [0.2, 0.25) is 0 Å². The van der Waals surface area contributed by atoms with Gasteiger partial charge in [0.25, 0.3) is 0 Å². The third-order valence-electron chi connectivity index (χ3n) is 2.46. The minimum absolute atomic E-state index is 0.749. The number of hydrogen-bond acceptors (Lipinski definition) is 2. The highest BCUT2D eigenvalue weighted by molar-refractivity contribution is 5.02. The molecule has 0 heterocycles. The van der Waals surface area contributed by atoms with Gasteiger partial charge in [-0.2, -0.15) is 0 Å². The lowest BCUT2D eigenvalue weighted by molar-refractivity contribution is 0.200. The van der Waals surface area contributed by atoms with E-state index in [2.05, 4.69) is 32.2 Å². The number of hydrogen-bond donors (Lipinski definition) is 1. The van der Waals surface area contributed by atoms with Gasteiger partial charge in [0, 0.05) is 20.2 Å². The van der Waals surface area contributed by atoms with E-state index in [0.29, 0.717) is 0 Å². The van der Waals surface area contributed by atoms with Crippen LogP contribution < -0.4 is 5.32 Å². The largest absolute Gasteiger partial charge is 0.383 e. The molecule has 0 fully saturated rings.